The smallest absolute Gasteiger partial charge is 0.319 e. The fraction of sp³-hybridized carbons (Fsp3) is 0.0952. The van der Waals surface area contributed by atoms with Crippen molar-refractivity contribution < 1.29 is 27.8 Å². The number of carbonyl (C=O) groups excluding carboxylic acids is 2. The van der Waals surface area contributed by atoms with Crippen LogP contribution < -0.4 is 15.2 Å². The van der Waals surface area contributed by atoms with Gasteiger partial charge in [0.25, 0.3) is 5.91 Å². The monoisotopic (exact) mass is 439 g/mol. The molecule has 0 aliphatic carbocycles. The van der Waals surface area contributed by atoms with Gasteiger partial charge in [-0.1, -0.05) is 0 Å². The van der Waals surface area contributed by atoms with E-state index in [-0.39, 0.29) is 22.8 Å². The van der Waals surface area contributed by atoms with E-state index >= 15 is 0 Å². The van der Waals surface area contributed by atoms with Crippen molar-refractivity contribution in [1.29, 1.82) is 0 Å². The van der Waals surface area contributed by atoms with E-state index in [1.165, 1.54) is 32.8 Å². The van der Waals surface area contributed by atoms with Crippen molar-refractivity contribution in [2.75, 3.05) is 14.2 Å². The highest BCUT2D eigenvalue weighted by atomic mass is 19.1. The molecule has 11 heteroatoms. The summed E-state index contributed by atoms with van der Waals surface area (Å²) in [4.78, 5) is 39.7. The third-order valence-electron chi connectivity index (χ3n) is 4.78. The summed E-state index contributed by atoms with van der Waals surface area (Å²) < 4.78 is 39.3. The Labute approximate surface area is 179 Å². The van der Waals surface area contributed by atoms with Gasteiger partial charge in [0.15, 0.2) is 0 Å². The summed E-state index contributed by atoms with van der Waals surface area (Å²) in [6, 6.07) is 3.37. The van der Waals surface area contributed by atoms with Crippen LogP contribution in [0, 0.1) is 11.6 Å². The van der Waals surface area contributed by atoms with E-state index in [0.29, 0.717) is 16.8 Å². The predicted octanol–water partition coefficient (Wildman–Crippen LogP) is 2.65. The van der Waals surface area contributed by atoms with E-state index < -0.39 is 34.5 Å². The molecule has 32 heavy (non-hydrogen) atoms. The van der Waals surface area contributed by atoms with Crippen molar-refractivity contribution in [3.8, 4) is 23.0 Å². The molecule has 0 spiro atoms. The first-order valence-electron chi connectivity index (χ1n) is 9.10. The third kappa shape index (κ3) is 3.39. The molecule has 0 saturated heterocycles. The molecule has 1 amide bonds. The number of H-pyrrole nitrogens is 1. The number of amides is 1. The molecule has 0 unspecified atom stereocenters. The molecular formula is C21H15F2N5O4. The van der Waals surface area contributed by atoms with Crippen LogP contribution in [0.4, 0.5) is 8.78 Å². The molecule has 9 nitrogen and oxygen atoms in total. The van der Waals surface area contributed by atoms with Gasteiger partial charge in [-0.25, -0.2) is 18.7 Å². The minimum Gasteiger partial charge on any atom is -0.480 e. The number of primary amides is 1. The number of halogens is 2. The van der Waals surface area contributed by atoms with Crippen molar-refractivity contribution in [2.45, 2.75) is 0 Å². The maximum absolute atomic E-state index is 14.7. The Morgan fingerprint density at radius 3 is 2.53 bits per heavy atom. The van der Waals surface area contributed by atoms with Crippen LogP contribution in [-0.2, 0) is 0 Å². The van der Waals surface area contributed by atoms with Gasteiger partial charge in [-0.05, 0) is 18.2 Å². The molecule has 4 rings (SSSR count). The van der Waals surface area contributed by atoms with Gasteiger partial charge < -0.3 is 20.2 Å². The second-order valence-corrected chi connectivity index (χ2v) is 6.58. The van der Waals surface area contributed by atoms with Gasteiger partial charge in [0.05, 0.1) is 30.9 Å². The molecule has 0 aliphatic rings. The van der Waals surface area contributed by atoms with Crippen LogP contribution in [0.25, 0.3) is 22.2 Å². The van der Waals surface area contributed by atoms with Gasteiger partial charge >= 0.3 is 6.01 Å². The van der Waals surface area contributed by atoms with E-state index in [4.69, 9.17) is 15.2 Å². The summed E-state index contributed by atoms with van der Waals surface area (Å²) in [5.74, 6) is -4.35. The molecule has 3 heterocycles. The highest BCUT2D eigenvalue weighted by Gasteiger charge is 2.26. The SMILES string of the molecule is COc1ncc(-c2cnc3[nH]cc(C(=O)c4c(F)ccc(C(N)=O)c4F)c3c2)c(OC)n1. The average Bonchev–Trinajstić information content (AvgIpc) is 3.21. The lowest BCUT2D eigenvalue weighted by molar-refractivity contribution is 0.0996. The molecule has 162 valence electrons. The topological polar surface area (TPSA) is 133 Å². The zero-order valence-corrected chi connectivity index (χ0v) is 16.8. The van der Waals surface area contributed by atoms with Crippen LogP contribution in [0.3, 0.4) is 0 Å². The maximum Gasteiger partial charge on any atom is 0.319 e. The number of benzene rings is 1. The molecule has 3 N–H and O–H groups in total. The number of hydrogen-bond donors (Lipinski definition) is 2. The second-order valence-electron chi connectivity index (χ2n) is 6.58. The lowest BCUT2D eigenvalue weighted by atomic mass is 9.98. The number of nitrogens with two attached hydrogens (primary N) is 1. The number of rotatable bonds is 6. The quantitative estimate of drug-likeness (QED) is 0.441. The summed E-state index contributed by atoms with van der Waals surface area (Å²) in [6.07, 6.45) is 4.23. The average molecular weight is 439 g/mol. The summed E-state index contributed by atoms with van der Waals surface area (Å²) in [7, 11) is 2.82. The van der Waals surface area contributed by atoms with Crippen molar-refractivity contribution >= 4 is 22.7 Å². The fourth-order valence-electron chi connectivity index (χ4n) is 3.23. The summed E-state index contributed by atoms with van der Waals surface area (Å²) in [5, 5.41) is 0.286. The Bertz CT molecular complexity index is 1390. The Morgan fingerprint density at radius 2 is 1.84 bits per heavy atom. The molecule has 0 atom stereocenters. The van der Waals surface area contributed by atoms with Crippen molar-refractivity contribution in [2.24, 2.45) is 5.73 Å². The minimum atomic E-state index is -1.33. The lowest BCUT2D eigenvalue weighted by Gasteiger charge is -2.09. The minimum absolute atomic E-state index is 0.0535. The standard InChI is InChI=1S/C21H15F2N5O4/c1-31-20-12(7-27-21(28-20)32-2)9-5-11-13(8-26-19(11)25-6-9)17(29)15-14(22)4-3-10(16(15)23)18(24)30/h3-8H,1-2H3,(H2,24,30)(H,25,26). The molecule has 0 aliphatic heterocycles. The van der Waals surface area contributed by atoms with Crippen molar-refractivity contribution in [3.63, 3.8) is 0 Å². The van der Waals surface area contributed by atoms with Gasteiger partial charge in [0.1, 0.15) is 17.3 Å². The number of nitrogens with zero attached hydrogens (tertiary/aromatic N) is 3. The Balaban J connectivity index is 1.86. The van der Waals surface area contributed by atoms with E-state index in [0.717, 1.165) is 12.1 Å². The fourth-order valence-corrected chi connectivity index (χ4v) is 3.23. The Hall–Kier alpha value is -4.41. The summed E-state index contributed by atoms with van der Waals surface area (Å²) in [6.45, 7) is 0. The molecule has 1 aromatic carbocycles. The number of ether oxygens (including phenoxy) is 2. The van der Waals surface area contributed by atoms with Gasteiger partial charge in [-0.2, -0.15) is 4.98 Å². The first-order chi connectivity index (χ1) is 15.3. The molecular weight excluding hydrogens is 424 g/mol. The first-order valence-corrected chi connectivity index (χ1v) is 9.10. The van der Waals surface area contributed by atoms with E-state index in [2.05, 4.69) is 19.9 Å². The van der Waals surface area contributed by atoms with Gasteiger partial charge in [-0.3, -0.25) is 9.59 Å². The zero-order valence-electron chi connectivity index (χ0n) is 16.8. The number of aromatic amines is 1. The molecule has 3 aromatic heterocycles. The first kappa shape index (κ1) is 20.8. The van der Waals surface area contributed by atoms with Crippen molar-refractivity contribution in [3.05, 3.63) is 65.1 Å². The number of methoxy groups -OCH3 is 2. The number of hydrogen-bond acceptors (Lipinski definition) is 7. The maximum atomic E-state index is 14.7. The second kappa shape index (κ2) is 8.02. The van der Waals surface area contributed by atoms with Crippen LogP contribution in [0.15, 0.2) is 36.8 Å². The Morgan fingerprint density at radius 1 is 1.06 bits per heavy atom. The van der Waals surface area contributed by atoms with Crippen LogP contribution in [0.2, 0.25) is 0 Å². The van der Waals surface area contributed by atoms with Gasteiger partial charge in [0.2, 0.25) is 11.7 Å². The number of pyridine rings is 1. The van der Waals surface area contributed by atoms with E-state index in [9.17, 15) is 18.4 Å². The van der Waals surface area contributed by atoms with Crippen LogP contribution in [0.1, 0.15) is 26.3 Å². The van der Waals surface area contributed by atoms with Crippen LogP contribution >= 0.6 is 0 Å². The zero-order chi connectivity index (χ0) is 23.0. The summed E-state index contributed by atoms with van der Waals surface area (Å²) in [5.41, 5.74) is 4.82. The van der Waals surface area contributed by atoms with Crippen molar-refractivity contribution in [1.82, 2.24) is 19.9 Å². The molecule has 0 radical (unpaired) electrons. The Kier molecular flexibility index (Phi) is 5.23. The predicted molar refractivity (Wildman–Crippen MR) is 109 cm³/mol. The van der Waals surface area contributed by atoms with Crippen LogP contribution in [-0.4, -0.2) is 45.8 Å². The van der Waals surface area contributed by atoms with E-state index in [1.54, 1.807) is 6.07 Å². The van der Waals surface area contributed by atoms with Gasteiger partial charge in [0, 0.05) is 35.1 Å². The highest BCUT2D eigenvalue weighted by molar-refractivity contribution is 6.17. The normalized spacial score (nSPS) is 10.9. The van der Waals surface area contributed by atoms with E-state index in [1.807, 2.05) is 0 Å². The van der Waals surface area contributed by atoms with Crippen LogP contribution in [0.5, 0.6) is 11.9 Å². The summed E-state index contributed by atoms with van der Waals surface area (Å²) >= 11 is 0. The highest BCUT2D eigenvalue weighted by Crippen LogP contribution is 2.32. The largest absolute Gasteiger partial charge is 0.480 e. The van der Waals surface area contributed by atoms with Gasteiger partial charge in [-0.15, -0.1) is 0 Å². The molecule has 0 bridgehead atoms. The number of nitrogens with one attached hydrogen (secondary N) is 1. The third-order valence-corrected chi connectivity index (χ3v) is 4.78. The molecule has 4 aromatic rings. The number of fused-ring (bicyclic) bond motifs is 1. The lowest BCUT2D eigenvalue weighted by Crippen LogP contribution is -2.17. The number of aromatic nitrogens is 4. The number of ketones is 1. The molecule has 0 fully saturated rings. The number of carbonyl (C=O) groups is 2. The molecule has 0 saturated carbocycles.